The molecule has 0 saturated carbocycles. The van der Waals surface area contributed by atoms with Crippen molar-refractivity contribution in [2.24, 2.45) is 5.73 Å². The van der Waals surface area contributed by atoms with Crippen molar-refractivity contribution < 1.29 is 14.1 Å². The Balaban J connectivity index is 1.73. The molecule has 0 spiro atoms. The maximum Gasteiger partial charge on any atom is 0.264 e. The number of hydrogen-bond acceptors (Lipinski definition) is 5. The van der Waals surface area contributed by atoms with E-state index in [1.54, 1.807) is 12.1 Å². The van der Waals surface area contributed by atoms with Crippen LogP contribution >= 0.6 is 11.6 Å². The average molecular weight is 358 g/mol. The molecular formula is C18H16ClN3O3. The molecule has 3 rings (SSSR count). The summed E-state index contributed by atoms with van der Waals surface area (Å²) in [7, 11) is 0. The number of hydrogen-bond donors (Lipinski definition) is 1. The molecule has 0 atom stereocenters. The molecule has 2 N–H and O–H groups in total. The van der Waals surface area contributed by atoms with Crippen LogP contribution < -0.4 is 10.5 Å². The van der Waals surface area contributed by atoms with Crippen molar-refractivity contribution >= 4 is 17.5 Å². The number of halogens is 1. The van der Waals surface area contributed by atoms with E-state index in [0.29, 0.717) is 22.5 Å². The fraction of sp³-hybridized carbons (Fsp3) is 0.167. The molecule has 2 aromatic carbocycles. The first kappa shape index (κ1) is 17.0. The fourth-order valence-corrected chi connectivity index (χ4v) is 2.45. The van der Waals surface area contributed by atoms with E-state index in [1.807, 2.05) is 24.3 Å². The molecule has 25 heavy (non-hydrogen) atoms. The molecule has 1 amide bonds. The lowest BCUT2D eigenvalue weighted by Crippen LogP contribution is -2.13. The van der Waals surface area contributed by atoms with Gasteiger partial charge < -0.3 is 15.0 Å². The molecule has 0 unspecified atom stereocenters. The minimum atomic E-state index is -0.625. The van der Waals surface area contributed by atoms with Gasteiger partial charge in [-0.05, 0) is 30.2 Å². The first-order valence-corrected chi connectivity index (χ1v) is 8.08. The van der Waals surface area contributed by atoms with Gasteiger partial charge in [0.25, 0.3) is 11.8 Å². The number of aryl methyl sites for hydroxylation is 1. The number of nitrogens with two attached hydrogens (primary N) is 1. The van der Waals surface area contributed by atoms with E-state index in [-0.39, 0.29) is 12.2 Å². The van der Waals surface area contributed by atoms with Gasteiger partial charge in [0.1, 0.15) is 5.75 Å². The van der Waals surface area contributed by atoms with Crippen LogP contribution in [0.2, 0.25) is 5.02 Å². The van der Waals surface area contributed by atoms with E-state index in [1.165, 1.54) is 11.6 Å². The van der Waals surface area contributed by atoms with Gasteiger partial charge in [-0.2, -0.15) is 4.98 Å². The van der Waals surface area contributed by atoms with Gasteiger partial charge in [-0.25, -0.2) is 0 Å². The maximum absolute atomic E-state index is 11.5. The molecule has 0 aliphatic heterocycles. The van der Waals surface area contributed by atoms with Crippen molar-refractivity contribution in [2.45, 2.75) is 20.0 Å². The van der Waals surface area contributed by atoms with Gasteiger partial charge in [-0.15, -0.1) is 0 Å². The number of benzene rings is 2. The summed E-state index contributed by atoms with van der Waals surface area (Å²) in [4.78, 5) is 15.8. The Morgan fingerprint density at radius 3 is 2.68 bits per heavy atom. The number of aromatic nitrogens is 2. The van der Waals surface area contributed by atoms with Gasteiger partial charge in [0.2, 0.25) is 5.82 Å². The molecule has 1 heterocycles. The SMILES string of the molecule is CCc1ccc(-c2noc(COc3ccc(Cl)cc3C(N)=O)n2)cc1. The standard InChI is InChI=1S/C18H16ClN3O3/c1-2-11-3-5-12(6-4-11)18-21-16(25-22-18)10-24-15-8-7-13(19)9-14(15)17(20)23/h3-9H,2,10H2,1H3,(H2,20,23). The third kappa shape index (κ3) is 3.97. The number of primary amides is 1. The van der Waals surface area contributed by atoms with Gasteiger partial charge in [0, 0.05) is 10.6 Å². The summed E-state index contributed by atoms with van der Waals surface area (Å²) in [6.45, 7) is 2.11. The van der Waals surface area contributed by atoms with E-state index in [0.717, 1.165) is 12.0 Å². The molecular weight excluding hydrogens is 342 g/mol. The van der Waals surface area contributed by atoms with E-state index in [2.05, 4.69) is 17.1 Å². The average Bonchev–Trinajstić information content (AvgIpc) is 3.09. The Bertz CT molecular complexity index is 891. The van der Waals surface area contributed by atoms with Crippen LogP contribution in [-0.4, -0.2) is 16.0 Å². The lowest BCUT2D eigenvalue weighted by atomic mass is 10.1. The van der Waals surface area contributed by atoms with Gasteiger partial charge in [-0.1, -0.05) is 47.9 Å². The topological polar surface area (TPSA) is 91.2 Å². The number of ether oxygens (including phenoxy) is 1. The Morgan fingerprint density at radius 1 is 1.24 bits per heavy atom. The molecule has 0 radical (unpaired) electrons. The normalized spacial score (nSPS) is 10.6. The summed E-state index contributed by atoms with van der Waals surface area (Å²) in [5.41, 5.74) is 7.62. The molecule has 0 aliphatic carbocycles. The first-order valence-electron chi connectivity index (χ1n) is 7.71. The molecule has 0 fully saturated rings. The quantitative estimate of drug-likeness (QED) is 0.727. The van der Waals surface area contributed by atoms with Crippen molar-refractivity contribution in [3.8, 4) is 17.1 Å². The lowest BCUT2D eigenvalue weighted by molar-refractivity contribution is 0.0995. The summed E-state index contributed by atoms with van der Waals surface area (Å²) in [6, 6.07) is 12.6. The van der Waals surface area contributed by atoms with E-state index >= 15 is 0 Å². The van der Waals surface area contributed by atoms with Gasteiger partial charge in [-0.3, -0.25) is 4.79 Å². The summed E-state index contributed by atoms with van der Waals surface area (Å²) in [5, 5.41) is 4.35. The zero-order valence-electron chi connectivity index (χ0n) is 13.5. The van der Waals surface area contributed by atoms with Crippen LogP contribution in [0.25, 0.3) is 11.4 Å². The smallest absolute Gasteiger partial charge is 0.264 e. The fourth-order valence-electron chi connectivity index (χ4n) is 2.28. The maximum atomic E-state index is 11.5. The number of carbonyl (C=O) groups excluding carboxylic acids is 1. The van der Waals surface area contributed by atoms with E-state index in [4.69, 9.17) is 26.6 Å². The highest BCUT2D eigenvalue weighted by molar-refractivity contribution is 6.31. The Labute approximate surface area is 149 Å². The summed E-state index contributed by atoms with van der Waals surface area (Å²) < 4.78 is 10.8. The summed E-state index contributed by atoms with van der Waals surface area (Å²) >= 11 is 5.87. The van der Waals surface area contributed by atoms with Crippen molar-refractivity contribution in [2.75, 3.05) is 0 Å². The van der Waals surface area contributed by atoms with Crippen LogP contribution in [0, 0.1) is 0 Å². The molecule has 0 aliphatic rings. The van der Waals surface area contributed by atoms with Gasteiger partial charge in [0.05, 0.1) is 5.56 Å². The molecule has 1 aromatic heterocycles. The predicted molar refractivity (Wildman–Crippen MR) is 93.4 cm³/mol. The number of amides is 1. The molecule has 0 saturated heterocycles. The number of nitrogens with zero attached hydrogens (tertiary/aromatic N) is 2. The number of rotatable bonds is 6. The van der Waals surface area contributed by atoms with Crippen molar-refractivity contribution in [3.05, 3.63) is 64.5 Å². The second kappa shape index (κ2) is 7.36. The summed E-state index contributed by atoms with van der Waals surface area (Å²) in [5.74, 6) is 0.455. The zero-order chi connectivity index (χ0) is 17.8. The van der Waals surface area contributed by atoms with Crippen LogP contribution in [-0.2, 0) is 13.0 Å². The molecule has 3 aromatic rings. The van der Waals surface area contributed by atoms with Crippen molar-refractivity contribution in [1.29, 1.82) is 0 Å². The summed E-state index contributed by atoms with van der Waals surface area (Å²) in [6.07, 6.45) is 0.967. The van der Waals surface area contributed by atoms with E-state index < -0.39 is 5.91 Å². The molecule has 0 bridgehead atoms. The lowest BCUT2D eigenvalue weighted by Gasteiger charge is -2.07. The predicted octanol–water partition coefficient (Wildman–Crippen LogP) is 3.63. The minimum absolute atomic E-state index is 0.0158. The highest BCUT2D eigenvalue weighted by atomic mass is 35.5. The first-order chi connectivity index (χ1) is 12.1. The molecule has 6 nitrogen and oxygen atoms in total. The van der Waals surface area contributed by atoms with Crippen molar-refractivity contribution in [1.82, 2.24) is 10.1 Å². The Kier molecular flexibility index (Phi) is 5.00. The largest absolute Gasteiger partial charge is 0.483 e. The second-order valence-corrected chi connectivity index (χ2v) is 5.79. The van der Waals surface area contributed by atoms with Gasteiger partial charge >= 0.3 is 0 Å². The molecule has 7 heteroatoms. The second-order valence-electron chi connectivity index (χ2n) is 5.36. The third-order valence-corrected chi connectivity index (χ3v) is 3.88. The van der Waals surface area contributed by atoms with Crippen molar-refractivity contribution in [3.63, 3.8) is 0 Å². The van der Waals surface area contributed by atoms with Crippen LogP contribution in [0.5, 0.6) is 5.75 Å². The van der Waals surface area contributed by atoms with Crippen LogP contribution in [0.15, 0.2) is 47.0 Å². The number of carbonyl (C=O) groups is 1. The monoisotopic (exact) mass is 357 g/mol. The minimum Gasteiger partial charge on any atom is -0.483 e. The third-order valence-electron chi connectivity index (χ3n) is 3.65. The Hall–Kier alpha value is -2.86. The van der Waals surface area contributed by atoms with Gasteiger partial charge in [0.15, 0.2) is 6.61 Å². The highest BCUT2D eigenvalue weighted by Crippen LogP contribution is 2.24. The van der Waals surface area contributed by atoms with Crippen LogP contribution in [0.4, 0.5) is 0 Å². The highest BCUT2D eigenvalue weighted by Gasteiger charge is 2.13. The van der Waals surface area contributed by atoms with Crippen LogP contribution in [0.1, 0.15) is 28.7 Å². The molecule has 128 valence electrons. The Morgan fingerprint density at radius 2 is 2.00 bits per heavy atom. The zero-order valence-corrected chi connectivity index (χ0v) is 14.3. The van der Waals surface area contributed by atoms with E-state index in [9.17, 15) is 4.79 Å². The van der Waals surface area contributed by atoms with Crippen LogP contribution in [0.3, 0.4) is 0 Å².